The first-order valence-corrected chi connectivity index (χ1v) is 11.2. The molecule has 35 heavy (non-hydrogen) atoms. The second kappa shape index (κ2) is 19.0. The summed E-state index contributed by atoms with van der Waals surface area (Å²) < 4.78 is 0. The van der Waals surface area contributed by atoms with E-state index in [1.54, 1.807) is 0 Å². The molecular formula is C25H37N3O7. The zero-order chi connectivity index (χ0) is 26.6. The summed E-state index contributed by atoms with van der Waals surface area (Å²) >= 11 is 0. The minimum Gasteiger partial charge on any atom is -0.480 e. The molecule has 2 rings (SSSR count). The van der Waals surface area contributed by atoms with Gasteiger partial charge in [-0.05, 0) is 43.4 Å². The lowest BCUT2D eigenvalue weighted by molar-refractivity contribution is -0.140. The standard InChI is InChI=1S/2C9H11NO2.C7H15NO3/c2*10-8(9(11)12)6-7-4-2-1-3-5-7;1-2-4-8-6(3-5-9)7(10)11/h2*1-5,8H,6,10H2,(H,11,12);6,8-9H,2-5H2,1H3,(H,10,11). The zero-order valence-electron chi connectivity index (χ0n) is 19.9. The molecular weight excluding hydrogens is 454 g/mol. The van der Waals surface area contributed by atoms with Gasteiger partial charge in [-0.3, -0.25) is 14.4 Å². The van der Waals surface area contributed by atoms with E-state index in [0.29, 0.717) is 19.4 Å². The third-order valence-corrected chi connectivity index (χ3v) is 4.59. The highest BCUT2D eigenvalue weighted by atomic mass is 16.4. The van der Waals surface area contributed by atoms with E-state index in [4.69, 9.17) is 31.9 Å². The van der Waals surface area contributed by atoms with Crippen LogP contribution in [0.15, 0.2) is 60.7 Å². The lowest BCUT2D eigenvalue weighted by Crippen LogP contribution is -2.37. The van der Waals surface area contributed by atoms with Crippen molar-refractivity contribution in [3.8, 4) is 0 Å². The predicted molar refractivity (Wildman–Crippen MR) is 133 cm³/mol. The van der Waals surface area contributed by atoms with Gasteiger partial charge in [0.2, 0.25) is 0 Å². The molecule has 0 spiro atoms. The molecule has 0 radical (unpaired) electrons. The Morgan fingerprint density at radius 3 is 1.46 bits per heavy atom. The second-order valence-corrected chi connectivity index (χ2v) is 7.63. The average molecular weight is 492 g/mol. The van der Waals surface area contributed by atoms with E-state index in [9.17, 15) is 14.4 Å². The van der Waals surface area contributed by atoms with Gasteiger partial charge in [-0.25, -0.2) is 0 Å². The summed E-state index contributed by atoms with van der Waals surface area (Å²) in [5.41, 5.74) is 12.6. The fourth-order valence-electron chi connectivity index (χ4n) is 2.67. The van der Waals surface area contributed by atoms with Crippen molar-refractivity contribution in [2.45, 2.75) is 50.7 Å². The maximum absolute atomic E-state index is 10.4. The van der Waals surface area contributed by atoms with Crippen LogP contribution in [-0.4, -0.2) is 69.6 Å². The fourth-order valence-corrected chi connectivity index (χ4v) is 2.67. The third kappa shape index (κ3) is 16.0. The molecule has 9 N–H and O–H groups in total. The topological polar surface area (TPSA) is 196 Å². The van der Waals surface area contributed by atoms with Gasteiger partial charge in [0, 0.05) is 6.61 Å². The molecule has 3 unspecified atom stereocenters. The second-order valence-electron chi connectivity index (χ2n) is 7.63. The molecule has 2 aromatic rings. The number of hydrogen-bond acceptors (Lipinski definition) is 7. The summed E-state index contributed by atoms with van der Waals surface area (Å²) in [5, 5.41) is 36.9. The molecule has 0 aliphatic carbocycles. The highest BCUT2D eigenvalue weighted by Crippen LogP contribution is 2.02. The molecule has 0 fully saturated rings. The molecule has 0 aliphatic heterocycles. The number of hydrogen-bond donors (Lipinski definition) is 7. The van der Waals surface area contributed by atoms with Gasteiger partial charge in [0.05, 0.1) is 0 Å². The Hall–Kier alpha value is -3.31. The summed E-state index contributed by atoms with van der Waals surface area (Å²) in [5.74, 6) is -2.81. The van der Waals surface area contributed by atoms with Gasteiger partial charge in [-0.15, -0.1) is 0 Å². The first-order valence-electron chi connectivity index (χ1n) is 11.2. The van der Waals surface area contributed by atoms with Crippen LogP contribution in [0.2, 0.25) is 0 Å². The Balaban J connectivity index is 0.000000496. The van der Waals surface area contributed by atoms with Gasteiger partial charge in [-0.1, -0.05) is 67.6 Å². The van der Waals surface area contributed by atoms with Crippen LogP contribution in [0.5, 0.6) is 0 Å². The number of aliphatic hydroxyl groups excluding tert-OH is 1. The molecule has 0 aliphatic rings. The van der Waals surface area contributed by atoms with Crippen molar-refractivity contribution in [1.29, 1.82) is 0 Å². The van der Waals surface area contributed by atoms with E-state index >= 15 is 0 Å². The Labute approximate surface area is 205 Å². The van der Waals surface area contributed by atoms with E-state index in [2.05, 4.69) is 5.32 Å². The van der Waals surface area contributed by atoms with Crippen molar-refractivity contribution in [3.05, 3.63) is 71.8 Å². The van der Waals surface area contributed by atoms with Crippen LogP contribution < -0.4 is 16.8 Å². The summed E-state index contributed by atoms with van der Waals surface area (Å²) in [6.07, 6.45) is 1.94. The highest BCUT2D eigenvalue weighted by molar-refractivity contribution is 5.74. The van der Waals surface area contributed by atoms with Crippen LogP contribution in [0.4, 0.5) is 0 Å². The molecule has 194 valence electrons. The average Bonchev–Trinajstić information content (AvgIpc) is 2.83. The molecule has 3 atom stereocenters. The Morgan fingerprint density at radius 1 is 0.771 bits per heavy atom. The van der Waals surface area contributed by atoms with E-state index in [1.165, 1.54) is 0 Å². The molecule has 0 bridgehead atoms. The Kier molecular flexibility index (Phi) is 17.2. The summed E-state index contributed by atoms with van der Waals surface area (Å²) in [7, 11) is 0. The molecule has 0 saturated carbocycles. The smallest absolute Gasteiger partial charge is 0.320 e. The van der Waals surface area contributed by atoms with Crippen molar-refractivity contribution < 1.29 is 34.8 Å². The quantitative estimate of drug-likeness (QED) is 0.226. The minimum atomic E-state index is -0.959. The van der Waals surface area contributed by atoms with Gasteiger partial charge in [-0.2, -0.15) is 0 Å². The SMILES string of the molecule is CCCNC(CCO)C(=O)O.NC(Cc1ccccc1)C(=O)O.NC(Cc1ccccc1)C(=O)O. The fraction of sp³-hybridized carbons (Fsp3) is 0.400. The number of carbonyl (C=O) groups is 3. The number of carboxylic acid groups (broad SMARTS) is 3. The van der Waals surface area contributed by atoms with Gasteiger partial charge in [0.15, 0.2) is 0 Å². The monoisotopic (exact) mass is 491 g/mol. The third-order valence-electron chi connectivity index (χ3n) is 4.59. The number of benzene rings is 2. The number of rotatable bonds is 12. The number of aliphatic carboxylic acids is 3. The van der Waals surface area contributed by atoms with Gasteiger partial charge in [0.1, 0.15) is 18.1 Å². The molecule has 0 aromatic heterocycles. The maximum Gasteiger partial charge on any atom is 0.320 e. The molecule has 0 heterocycles. The summed E-state index contributed by atoms with van der Waals surface area (Å²) in [6.45, 7) is 2.55. The maximum atomic E-state index is 10.4. The van der Waals surface area contributed by atoms with Crippen LogP contribution in [0.1, 0.15) is 30.9 Å². The molecule has 10 heteroatoms. The summed E-state index contributed by atoms with van der Waals surface area (Å²) in [4.78, 5) is 31.2. The lowest BCUT2D eigenvalue weighted by atomic mass is 10.1. The van der Waals surface area contributed by atoms with Gasteiger partial charge in [0.25, 0.3) is 0 Å². The van der Waals surface area contributed by atoms with Gasteiger partial charge < -0.3 is 37.2 Å². The van der Waals surface area contributed by atoms with Crippen LogP contribution in [0, 0.1) is 0 Å². The van der Waals surface area contributed by atoms with Crippen molar-refractivity contribution in [3.63, 3.8) is 0 Å². The van der Waals surface area contributed by atoms with E-state index in [0.717, 1.165) is 17.5 Å². The zero-order valence-corrected chi connectivity index (χ0v) is 19.9. The highest BCUT2D eigenvalue weighted by Gasteiger charge is 2.14. The number of aliphatic hydroxyl groups is 1. The lowest BCUT2D eigenvalue weighted by Gasteiger charge is -2.11. The largest absolute Gasteiger partial charge is 0.480 e. The van der Waals surface area contributed by atoms with Crippen molar-refractivity contribution in [2.75, 3.05) is 13.2 Å². The van der Waals surface area contributed by atoms with Crippen LogP contribution in [0.3, 0.4) is 0 Å². The van der Waals surface area contributed by atoms with E-state index in [-0.39, 0.29) is 13.0 Å². The van der Waals surface area contributed by atoms with E-state index in [1.807, 2.05) is 67.6 Å². The predicted octanol–water partition coefficient (Wildman–Crippen LogP) is 1.10. The number of nitrogens with one attached hydrogen (secondary N) is 1. The normalized spacial score (nSPS) is 12.6. The number of nitrogens with two attached hydrogens (primary N) is 2. The Morgan fingerprint density at radius 2 is 1.17 bits per heavy atom. The van der Waals surface area contributed by atoms with Crippen LogP contribution in [-0.2, 0) is 27.2 Å². The first kappa shape index (κ1) is 31.7. The van der Waals surface area contributed by atoms with Crippen molar-refractivity contribution in [2.24, 2.45) is 11.5 Å². The Bertz CT molecular complexity index is 793. The number of carboxylic acids is 3. The first-order chi connectivity index (χ1) is 16.6. The molecule has 0 amide bonds. The van der Waals surface area contributed by atoms with Crippen LogP contribution >= 0.6 is 0 Å². The van der Waals surface area contributed by atoms with Crippen molar-refractivity contribution in [1.82, 2.24) is 5.32 Å². The molecule has 10 nitrogen and oxygen atoms in total. The van der Waals surface area contributed by atoms with E-state index < -0.39 is 36.0 Å². The van der Waals surface area contributed by atoms with Crippen LogP contribution in [0.25, 0.3) is 0 Å². The molecule has 2 aromatic carbocycles. The van der Waals surface area contributed by atoms with Gasteiger partial charge >= 0.3 is 17.9 Å². The molecule has 0 saturated heterocycles. The van der Waals surface area contributed by atoms with Crippen molar-refractivity contribution >= 4 is 17.9 Å². The minimum absolute atomic E-state index is 0.0896. The summed E-state index contributed by atoms with van der Waals surface area (Å²) in [6, 6.07) is 16.5.